The second-order valence-corrected chi connectivity index (χ2v) is 11.1. The number of hydrogen-bond acceptors (Lipinski definition) is 5. The second kappa shape index (κ2) is 11.3. The van der Waals surface area contributed by atoms with Gasteiger partial charge in [0.15, 0.2) is 0 Å². The predicted molar refractivity (Wildman–Crippen MR) is 125 cm³/mol. The maximum atomic E-state index is 15.0. The molecule has 2 bridgehead atoms. The van der Waals surface area contributed by atoms with E-state index >= 15 is 0 Å². The third kappa shape index (κ3) is 6.27. The van der Waals surface area contributed by atoms with Crippen molar-refractivity contribution in [3.8, 4) is 6.07 Å². The van der Waals surface area contributed by atoms with Crippen LogP contribution in [-0.4, -0.2) is 71.3 Å². The monoisotopic (exact) mass is 561 g/mol. The maximum absolute atomic E-state index is 15.0. The number of nitrogens with one attached hydrogen (secondary N) is 3. The molecule has 3 saturated heterocycles. The third-order valence-electron chi connectivity index (χ3n) is 8.51. The summed E-state index contributed by atoms with van der Waals surface area (Å²) < 4.78 is 69.1. The quantitative estimate of drug-likeness (QED) is 0.391. The zero-order valence-corrected chi connectivity index (χ0v) is 21.2. The molecule has 4 amide bonds. The molecule has 0 radical (unpaired) electrons. The number of rotatable bonds is 8. The molecule has 0 aromatic heterocycles. The van der Waals surface area contributed by atoms with Gasteiger partial charge in [-0.2, -0.15) is 18.4 Å². The predicted octanol–water partition coefficient (Wildman–Crippen LogP) is 2.16. The molecule has 9 nitrogen and oxygen atoms in total. The van der Waals surface area contributed by atoms with E-state index in [0.29, 0.717) is 32.2 Å². The highest BCUT2D eigenvalue weighted by Gasteiger charge is 2.61. The molecule has 0 aromatic carbocycles. The molecule has 216 valence electrons. The summed E-state index contributed by atoms with van der Waals surface area (Å²) in [6.07, 6.45) is -2.84. The Labute approximate surface area is 222 Å². The third-order valence-corrected chi connectivity index (χ3v) is 8.51. The summed E-state index contributed by atoms with van der Waals surface area (Å²) in [7, 11) is 0. The number of halogens is 5. The number of nitriles is 1. The van der Waals surface area contributed by atoms with Crippen LogP contribution in [0.25, 0.3) is 0 Å². The average Bonchev–Trinajstić information content (AvgIpc) is 2.84. The lowest BCUT2D eigenvalue weighted by molar-refractivity contribution is -0.196. The van der Waals surface area contributed by atoms with Crippen LogP contribution in [0, 0.1) is 29.1 Å². The van der Waals surface area contributed by atoms with Crippen molar-refractivity contribution in [1.29, 1.82) is 5.26 Å². The van der Waals surface area contributed by atoms with Gasteiger partial charge in [-0.25, -0.2) is 8.78 Å². The summed E-state index contributed by atoms with van der Waals surface area (Å²) in [5.74, 6) is -10.2. The lowest BCUT2D eigenvalue weighted by atomic mass is 9.71. The first kappa shape index (κ1) is 29.0. The highest BCUT2D eigenvalue weighted by Crippen LogP contribution is 2.49. The van der Waals surface area contributed by atoms with Gasteiger partial charge in [0.2, 0.25) is 17.7 Å². The van der Waals surface area contributed by atoms with Crippen LogP contribution in [-0.2, 0) is 19.2 Å². The molecule has 2 saturated carbocycles. The van der Waals surface area contributed by atoms with Crippen molar-refractivity contribution in [3.63, 3.8) is 0 Å². The number of carbonyl (C=O) groups excluding carboxylic acids is 4. The fourth-order valence-electron chi connectivity index (χ4n) is 6.27. The van der Waals surface area contributed by atoms with Gasteiger partial charge in [0.05, 0.1) is 12.0 Å². The minimum absolute atomic E-state index is 0.0504. The molecule has 3 N–H and O–H groups in total. The van der Waals surface area contributed by atoms with Crippen LogP contribution in [0.15, 0.2) is 0 Å². The number of alkyl halides is 5. The number of piperidine rings is 3. The molecule has 0 spiro atoms. The van der Waals surface area contributed by atoms with Crippen molar-refractivity contribution in [2.45, 2.75) is 100 Å². The van der Waals surface area contributed by atoms with Crippen molar-refractivity contribution in [3.05, 3.63) is 0 Å². The first-order chi connectivity index (χ1) is 18.3. The largest absolute Gasteiger partial charge is 0.471 e. The van der Waals surface area contributed by atoms with Gasteiger partial charge in [0.1, 0.15) is 18.1 Å². The van der Waals surface area contributed by atoms with E-state index in [0.717, 1.165) is 11.3 Å². The van der Waals surface area contributed by atoms with E-state index in [-0.39, 0.29) is 37.5 Å². The number of nitrogens with zero attached hydrogens (tertiary/aromatic N) is 2. The summed E-state index contributed by atoms with van der Waals surface area (Å²) in [6, 6.07) is -3.82. The molecule has 5 rings (SSSR count). The van der Waals surface area contributed by atoms with Gasteiger partial charge in [0, 0.05) is 24.9 Å². The van der Waals surface area contributed by atoms with Gasteiger partial charge >= 0.3 is 12.1 Å². The summed E-state index contributed by atoms with van der Waals surface area (Å²) in [6.45, 7) is 0.489. The maximum Gasteiger partial charge on any atom is 0.471 e. The summed E-state index contributed by atoms with van der Waals surface area (Å²) >= 11 is 0. The van der Waals surface area contributed by atoms with E-state index in [4.69, 9.17) is 0 Å². The van der Waals surface area contributed by atoms with Crippen molar-refractivity contribution >= 4 is 23.6 Å². The standard InChI is InChI=1S/C25H32F5N5O4/c26-24(27)11-16-6-7-17(24)19(21(37)33-15(12-31)10-14-5-2-8-32-20(14)36)35(16)22(38)18(9-13-3-1-4-13)34-23(39)25(28,29)30/h13-19H,1-11H2,(H,32,36)(H,33,37)(H,34,39)/t14-,15-,16-,17-,18-,19-/m1/s1. The zero-order valence-electron chi connectivity index (χ0n) is 21.2. The first-order valence-electron chi connectivity index (χ1n) is 13.4. The van der Waals surface area contributed by atoms with Crippen LogP contribution in [0.5, 0.6) is 0 Å². The summed E-state index contributed by atoms with van der Waals surface area (Å²) in [5, 5.41) is 16.4. The van der Waals surface area contributed by atoms with Crippen molar-refractivity contribution in [2.75, 3.05) is 6.54 Å². The minimum atomic E-state index is -5.26. The first-order valence-corrected chi connectivity index (χ1v) is 13.4. The van der Waals surface area contributed by atoms with Crippen LogP contribution < -0.4 is 16.0 Å². The van der Waals surface area contributed by atoms with E-state index in [9.17, 15) is 46.4 Å². The molecule has 2 aliphatic carbocycles. The highest BCUT2D eigenvalue weighted by molar-refractivity contribution is 5.94. The van der Waals surface area contributed by atoms with Gasteiger partial charge in [0.25, 0.3) is 5.92 Å². The van der Waals surface area contributed by atoms with Gasteiger partial charge < -0.3 is 20.9 Å². The molecule has 3 aliphatic heterocycles. The highest BCUT2D eigenvalue weighted by atomic mass is 19.4. The second-order valence-electron chi connectivity index (χ2n) is 11.1. The molecule has 39 heavy (non-hydrogen) atoms. The SMILES string of the molecule is N#C[C@@H](C[C@H]1CCCNC1=O)NC(=O)[C@H]1[C@H]2CC[C@H](CC2(F)F)N1C(=O)[C@@H](CC1CCC1)NC(=O)C(F)(F)F. The smallest absolute Gasteiger partial charge is 0.356 e. The number of amides is 4. The van der Waals surface area contributed by atoms with E-state index in [1.807, 2.05) is 6.07 Å². The van der Waals surface area contributed by atoms with Gasteiger partial charge in [-0.1, -0.05) is 19.3 Å². The molecule has 5 fully saturated rings. The van der Waals surface area contributed by atoms with Gasteiger partial charge in [-0.05, 0) is 44.4 Å². The van der Waals surface area contributed by atoms with Crippen molar-refractivity contribution < 1.29 is 41.1 Å². The topological polar surface area (TPSA) is 131 Å². The van der Waals surface area contributed by atoms with Gasteiger partial charge in [-0.15, -0.1) is 0 Å². The number of hydrogen-bond donors (Lipinski definition) is 3. The Morgan fingerprint density at radius 1 is 1.08 bits per heavy atom. The molecule has 3 heterocycles. The Hall–Kier alpha value is -2.98. The lowest BCUT2D eigenvalue weighted by Gasteiger charge is -2.54. The van der Waals surface area contributed by atoms with Crippen LogP contribution in [0.3, 0.4) is 0 Å². The van der Waals surface area contributed by atoms with Crippen LogP contribution in [0.2, 0.25) is 0 Å². The Bertz CT molecular complexity index is 1030. The van der Waals surface area contributed by atoms with E-state index in [2.05, 4.69) is 10.6 Å². The molecule has 0 unspecified atom stereocenters. The summed E-state index contributed by atoms with van der Waals surface area (Å²) in [4.78, 5) is 51.9. The van der Waals surface area contributed by atoms with E-state index < -0.39 is 72.2 Å². The van der Waals surface area contributed by atoms with Crippen LogP contribution >= 0.6 is 0 Å². The summed E-state index contributed by atoms with van der Waals surface area (Å²) in [5.41, 5.74) is 0. The molecule has 14 heteroatoms. The molecule has 6 atom stereocenters. The van der Waals surface area contributed by atoms with Crippen molar-refractivity contribution in [2.24, 2.45) is 17.8 Å². The average molecular weight is 562 g/mol. The number of carbonyl (C=O) groups is 4. The lowest BCUT2D eigenvalue weighted by Crippen LogP contribution is -2.71. The van der Waals surface area contributed by atoms with E-state index in [1.165, 1.54) is 0 Å². The molecule has 0 aromatic rings. The minimum Gasteiger partial charge on any atom is -0.356 e. The molecular weight excluding hydrogens is 529 g/mol. The fourth-order valence-corrected chi connectivity index (χ4v) is 6.27. The van der Waals surface area contributed by atoms with Gasteiger partial charge in [-0.3, -0.25) is 19.2 Å². The Balaban J connectivity index is 1.57. The Kier molecular flexibility index (Phi) is 8.37. The zero-order chi connectivity index (χ0) is 28.5. The molecule has 5 aliphatic rings. The normalized spacial score (nSPS) is 29.8. The van der Waals surface area contributed by atoms with Crippen LogP contribution in [0.1, 0.15) is 64.2 Å². The fraction of sp³-hybridized carbons (Fsp3) is 0.800. The Morgan fingerprint density at radius 3 is 2.36 bits per heavy atom. The van der Waals surface area contributed by atoms with Crippen LogP contribution in [0.4, 0.5) is 22.0 Å². The van der Waals surface area contributed by atoms with E-state index in [1.54, 1.807) is 5.32 Å². The number of fused-ring (bicyclic) bond motifs is 3. The molecular formula is C25H32F5N5O4. The van der Waals surface area contributed by atoms with Crippen molar-refractivity contribution in [1.82, 2.24) is 20.9 Å². The Morgan fingerprint density at radius 2 is 1.79 bits per heavy atom.